The Bertz CT molecular complexity index is 550. The van der Waals surface area contributed by atoms with Crippen molar-refractivity contribution in [2.75, 3.05) is 27.2 Å². The van der Waals surface area contributed by atoms with Crippen molar-refractivity contribution in [3.63, 3.8) is 0 Å². The summed E-state index contributed by atoms with van der Waals surface area (Å²) >= 11 is 5.88. The van der Waals surface area contributed by atoms with Gasteiger partial charge in [0.25, 0.3) is 11.6 Å². The van der Waals surface area contributed by atoms with Crippen LogP contribution in [0.4, 0.5) is 5.69 Å². The van der Waals surface area contributed by atoms with Crippen LogP contribution in [-0.4, -0.2) is 58.8 Å². The van der Waals surface area contributed by atoms with Crippen molar-refractivity contribution >= 4 is 23.2 Å². The highest BCUT2D eigenvalue weighted by Gasteiger charge is 2.30. The SMILES string of the molecule is CN(C)C1CCN(C(=O)c2cc([N+](=O)[O-])cnc2Cl)C1. The normalized spacial score (nSPS) is 18.6. The number of hydrogen-bond acceptors (Lipinski definition) is 5. The number of nitro groups is 1. The molecule has 1 aromatic heterocycles. The van der Waals surface area contributed by atoms with Gasteiger partial charge in [-0.25, -0.2) is 4.98 Å². The van der Waals surface area contributed by atoms with Crippen LogP contribution in [0.25, 0.3) is 0 Å². The van der Waals surface area contributed by atoms with E-state index >= 15 is 0 Å². The van der Waals surface area contributed by atoms with Crippen LogP contribution in [0.3, 0.4) is 0 Å². The van der Waals surface area contributed by atoms with Crippen molar-refractivity contribution in [1.82, 2.24) is 14.8 Å². The molecule has 7 nitrogen and oxygen atoms in total. The second-order valence-corrected chi connectivity index (χ2v) is 5.30. The minimum atomic E-state index is -0.591. The van der Waals surface area contributed by atoms with Crippen LogP contribution in [0, 0.1) is 10.1 Å². The predicted molar refractivity (Wildman–Crippen MR) is 73.9 cm³/mol. The highest BCUT2D eigenvalue weighted by Crippen LogP contribution is 2.23. The molecule has 0 saturated carbocycles. The lowest BCUT2D eigenvalue weighted by molar-refractivity contribution is -0.385. The smallest absolute Gasteiger partial charge is 0.288 e. The number of halogens is 1. The van der Waals surface area contributed by atoms with Gasteiger partial charge in [-0.15, -0.1) is 0 Å². The number of likely N-dealkylation sites (tertiary alicyclic amines) is 1. The average molecular weight is 299 g/mol. The van der Waals surface area contributed by atoms with E-state index in [9.17, 15) is 14.9 Å². The van der Waals surface area contributed by atoms with Gasteiger partial charge in [-0.2, -0.15) is 0 Å². The fourth-order valence-electron chi connectivity index (χ4n) is 2.21. The average Bonchev–Trinajstić information content (AvgIpc) is 2.88. The summed E-state index contributed by atoms with van der Waals surface area (Å²) in [5.41, 5.74) is -0.152. The largest absolute Gasteiger partial charge is 0.337 e. The third-order valence-electron chi connectivity index (χ3n) is 3.45. The van der Waals surface area contributed by atoms with Gasteiger partial charge < -0.3 is 9.80 Å². The monoisotopic (exact) mass is 298 g/mol. The van der Waals surface area contributed by atoms with Crippen molar-refractivity contribution in [3.8, 4) is 0 Å². The molecule has 1 amide bonds. The molecular weight excluding hydrogens is 284 g/mol. The second kappa shape index (κ2) is 5.72. The second-order valence-electron chi connectivity index (χ2n) is 4.95. The Hall–Kier alpha value is -1.73. The molecule has 0 radical (unpaired) electrons. The van der Waals surface area contributed by atoms with Gasteiger partial charge in [-0.05, 0) is 20.5 Å². The van der Waals surface area contributed by atoms with Crippen LogP contribution in [0.2, 0.25) is 5.15 Å². The van der Waals surface area contributed by atoms with Crippen LogP contribution in [0.1, 0.15) is 16.8 Å². The predicted octanol–water partition coefficient (Wildman–Crippen LogP) is 1.42. The lowest BCUT2D eigenvalue weighted by Crippen LogP contribution is -2.34. The number of nitrogens with zero attached hydrogens (tertiary/aromatic N) is 4. The maximum atomic E-state index is 12.4. The molecule has 0 aliphatic carbocycles. The van der Waals surface area contributed by atoms with E-state index in [0.717, 1.165) is 12.6 Å². The zero-order valence-electron chi connectivity index (χ0n) is 11.2. The maximum absolute atomic E-state index is 12.4. The first-order valence-corrected chi connectivity index (χ1v) is 6.53. The van der Waals surface area contributed by atoms with E-state index in [1.165, 1.54) is 6.07 Å². The number of likely N-dealkylation sites (N-methyl/N-ethyl adjacent to an activating group) is 1. The molecular formula is C12H15ClN4O3. The topological polar surface area (TPSA) is 79.6 Å². The first-order chi connectivity index (χ1) is 9.40. The summed E-state index contributed by atoms with van der Waals surface area (Å²) < 4.78 is 0. The Labute approximate surface area is 121 Å². The van der Waals surface area contributed by atoms with E-state index in [1.807, 2.05) is 14.1 Å². The molecule has 0 spiro atoms. The van der Waals surface area contributed by atoms with Gasteiger partial charge in [0.05, 0.1) is 10.5 Å². The zero-order valence-corrected chi connectivity index (χ0v) is 12.0. The van der Waals surface area contributed by atoms with E-state index < -0.39 is 4.92 Å². The number of hydrogen-bond donors (Lipinski definition) is 0. The highest BCUT2D eigenvalue weighted by molar-refractivity contribution is 6.32. The van der Waals surface area contributed by atoms with Crippen molar-refractivity contribution in [1.29, 1.82) is 0 Å². The first-order valence-electron chi connectivity index (χ1n) is 6.15. The molecule has 2 heterocycles. The van der Waals surface area contributed by atoms with Crippen LogP contribution in [0.5, 0.6) is 0 Å². The zero-order chi connectivity index (χ0) is 14.9. The van der Waals surface area contributed by atoms with E-state index in [4.69, 9.17) is 11.6 Å². The first kappa shape index (κ1) is 14.7. The summed E-state index contributed by atoms with van der Waals surface area (Å²) in [7, 11) is 3.92. The molecule has 2 rings (SSSR count). The van der Waals surface area contributed by atoms with Gasteiger partial charge in [0, 0.05) is 25.2 Å². The minimum Gasteiger partial charge on any atom is -0.337 e. The summed E-state index contributed by atoms with van der Waals surface area (Å²) in [4.78, 5) is 29.9. The Morgan fingerprint density at radius 1 is 1.60 bits per heavy atom. The lowest BCUT2D eigenvalue weighted by Gasteiger charge is -2.20. The number of rotatable bonds is 3. The van der Waals surface area contributed by atoms with Crippen LogP contribution in [-0.2, 0) is 0 Å². The van der Waals surface area contributed by atoms with E-state index in [1.54, 1.807) is 4.90 Å². The molecule has 1 aliphatic heterocycles. The van der Waals surface area contributed by atoms with Gasteiger partial charge in [-0.3, -0.25) is 14.9 Å². The number of carbonyl (C=O) groups is 1. The fourth-order valence-corrected chi connectivity index (χ4v) is 2.39. The molecule has 0 aromatic carbocycles. The molecule has 1 saturated heterocycles. The van der Waals surface area contributed by atoms with Crippen molar-refractivity contribution in [3.05, 3.63) is 33.1 Å². The van der Waals surface area contributed by atoms with Gasteiger partial charge in [0.2, 0.25) is 0 Å². The van der Waals surface area contributed by atoms with Crippen LogP contribution in [0.15, 0.2) is 12.3 Å². The summed E-state index contributed by atoms with van der Waals surface area (Å²) in [6.45, 7) is 1.20. The number of amides is 1. The lowest BCUT2D eigenvalue weighted by atomic mass is 10.2. The van der Waals surface area contributed by atoms with Gasteiger partial charge in [0.1, 0.15) is 11.3 Å². The number of carbonyl (C=O) groups excluding carboxylic acids is 1. The molecule has 1 unspecified atom stereocenters. The van der Waals surface area contributed by atoms with Crippen molar-refractivity contribution in [2.24, 2.45) is 0 Å². The van der Waals surface area contributed by atoms with Crippen molar-refractivity contribution < 1.29 is 9.72 Å². The van der Waals surface area contributed by atoms with E-state index in [-0.39, 0.29) is 22.3 Å². The number of aromatic nitrogens is 1. The van der Waals surface area contributed by atoms with Gasteiger partial charge in [0.15, 0.2) is 0 Å². The van der Waals surface area contributed by atoms with Gasteiger partial charge >= 0.3 is 0 Å². The molecule has 108 valence electrons. The molecule has 1 aliphatic rings. The molecule has 1 aromatic rings. The molecule has 0 bridgehead atoms. The van der Waals surface area contributed by atoms with Crippen LogP contribution < -0.4 is 0 Å². The standard InChI is InChI=1S/C12H15ClN4O3/c1-15(2)8-3-4-16(7-8)12(18)10-5-9(17(19)20)6-14-11(10)13/h5-6,8H,3-4,7H2,1-2H3. The summed E-state index contributed by atoms with van der Waals surface area (Å²) in [5, 5.41) is 10.7. The quantitative estimate of drug-likeness (QED) is 0.479. The maximum Gasteiger partial charge on any atom is 0.288 e. The van der Waals surface area contributed by atoms with Crippen LogP contribution >= 0.6 is 11.6 Å². The minimum absolute atomic E-state index is 0.00565. The summed E-state index contributed by atoms with van der Waals surface area (Å²) in [5.74, 6) is -0.310. The Morgan fingerprint density at radius 3 is 2.85 bits per heavy atom. The molecule has 1 fully saturated rings. The highest BCUT2D eigenvalue weighted by atomic mass is 35.5. The van der Waals surface area contributed by atoms with E-state index in [0.29, 0.717) is 19.1 Å². The third kappa shape index (κ3) is 2.88. The Balaban J connectivity index is 2.21. The molecule has 20 heavy (non-hydrogen) atoms. The number of pyridine rings is 1. The Kier molecular flexibility index (Phi) is 4.20. The van der Waals surface area contributed by atoms with Gasteiger partial charge in [-0.1, -0.05) is 11.6 Å². The molecule has 8 heteroatoms. The summed E-state index contributed by atoms with van der Waals surface area (Å²) in [6, 6.07) is 1.48. The molecule has 1 atom stereocenters. The van der Waals surface area contributed by atoms with E-state index in [2.05, 4.69) is 9.88 Å². The Morgan fingerprint density at radius 2 is 2.30 bits per heavy atom. The fraction of sp³-hybridized carbons (Fsp3) is 0.500. The third-order valence-corrected chi connectivity index (χ3v) is 3.75. The molecule has 0 N–H and O–H groups in total. The van der Waals surface area contributed by atoms with Crippen molar-refractivity contribution in [2.45, 2.75) is 12.5 Å². The summed E-state index contributed by atoms with van der Waals surface area (Å²) in [6.07, 6.45) is 1.92.